The van der Waals surface area contributed by atoms with E-state index in [1.165, 1.54) is 0 Å². The molecule has 0 fully saturated rings. The van der Waals surface area contributed by atoms with E-state index in [1.807, 2.05) is 6.92 Å². The molecular formula is C6H4Br2FN. The van der Waals surface area contributed by atoms with Gasteiger partial charge in [-0.25, -0.2) is 4.98 Å². The van der Waals surface area contributed by atoms with Crippen LogP contribution in [0.5, 0.6) is 0 Å². The number of rotatable bonds is 0. The van der Waals surface area contributed by atoms with Crippen molar-refractivity contribution in [2.75, 3.05) is 0 Å². The summed E-state index contributed by atoms with van der Waals surface area (Å²) in [7, 11) is 0. The fraction of sp³-hybridized carbons (Fsp3) is 0.167. The molecule has 1 aromatic rings. The predicted octanol–water partition coefficient (Wildman–Crippen LogP) is 3.05. The molecule has 54 valence electrons. The number of aromatic nitrogens is 1. The highest BCUT2D eigenvalue weighted by Crippen LogP contribution is 2.20. The van der Waals surface area contributed by atoms with E-state index in [0.717, 1.165) is 5.56 Å². The minimum Gasteiger partial charge on any atom is -0.211 e. The van der Waals surface area contributed by atoms with Gasteiger partial charge in [0.25, 0.3) is 0 Å². The zero-order valence-electron chi connectivity index (χ0n) is 5.16. The van der Waals surface area contributed by atoms with E-state index >= 15 is 0 Å². The summed E-state index contributed by atoms with van der Waals surface area (Å²) in [5.74, 6) is -0.488. The first kappa shape index (κ1) is 8.14. The van der Waals surface area contributed by atoms with Crippen LogP contribution in [0.2, 0.25) is 0 Å². The van der Waals surface area contributed by atoms with E-state index < -0.39 is 5.95 Å². The van der Waals surface area contributed by atoms with Crippen LogP contribution >= 0.6 is 31.9 Å². The van der Waals surface area contributed by atoms with Crippen LogP contribution in [0.3, 0.4) is 0 Å². The Morgan fingerprint density at radius 1 is 1.50 bits per heavy atom. The number of pyridine rings is 1. The highest BCUT2D eigenvalue weighted by Gasteiger charge is 2.03. The fourth-order valence-corrected chi connectivity index (χ4v) is 1.24. The van der Waals surface area contributed by atoms with Gasteiger partial charge in [0.05, 0.1) is 4.47 Å². The van der Waals surface area contributed by atoms with Crippen molar-refractivity contribution in [2.24, 2.45) is 0 Å². The Hall–Kier alpha value is 0.0400. The van der Waals surface area contributed by atoms with E-state index in [0.29, 0.717) is 9.08 Å². The Labute approximate surface area is 74.9 Å². The van der Waals surface area contributed by atoms with Crippen LogP contribution in [-0.2, 0) is 0 Å². The molecule has 0 aromatic carbocycles. The summed E-state index contributed by atoms with van der Waals surface area (Å²) in [6.45, 7) is 1.85. The van der Waals surface area contributed by atoms with Gasteiger partial charge < -0.3 is 0 Å². The second-order valence-electron chi connectivity index (χ2n) is 1.87. The molecule has 10 heavy (non-hydrogen) atoms. The Bertz CT molecular complexity index is 212. The lowest BCUT2D eigenvalue weighted by molar-refractivity contribution is 0.573. The normalized spacial score (nSPS) is 10.0. The molecule has 0 radical (unpaired) electrons. The van der Waals surface area contributed by atoms with Crippen molar-refractivity contribution >= 4 is 31.9 Å². The lowest BCUT2D eigenvalue weighted by atomic mass is 10.3. The van der Waals surface area contributed by atoms with E-state index in [2.05, 4.69) is 36.8 Å². The van der Waals surface area contributed by atoms with Crippen LogP contribution < -0.4 is 0 Å². The lowest BCUT2D eigenvalue weighted by Crippen LogP contribution is -1.87. The van der Waals surface area contributed by atoms with Gasteiger partial charge >= 0.3 is 0 Å². The summed E-state index contributed by atoms with van der Waals surface area (Å²) in [6, 6.07) is 1.67. The molecule has 0 amide bonds. The molecule has 0 aliphatic rings. The second kappa shape index (κ2) is 2.96. The number of aryl methyl sites for hydroxylation is 1. The van der Waals surface area contributed by atoms with Crippen LogP contribution in [0.25, 0.3) is 0 Å². The summed E-state index contributed by atoms with van der Waals surface area (Å²) >= 11 is 6.13. The monoisotopic (exact) mass is 267 g/mol. The van der Waals surface area contributed by atoms with Crippen molar-refractivity contribution in [2.45, 2.75) is 6.92 Å². The third-order valence-corrected chi connectivity index (χ3v) is 2.42. The minimum atomic E-state index is -0.488. The zero-order valence-corrected chi connectivity index (χ0v) is 8.33. The van der Waals surface area contributed by atoms with Crippen molar-refractivity contribution in [1.82, 2.24) is 4.98 Å². The molecule has 0 unspecified atom stereocenters. The first-order valence-corrected chi connectivity index (χ1v) is 4.18. The van der Waals surface area contributed by atoms with Crippen molar-refractivity contribution in [3.8, 4) is 0 Å². The largest absolute Gasteiger partial charge is 0.228 e. The Morgan fingerprint density at radius 3 is 2.60 bits per heavy atom. The molecule has 4 heteroatoms. The van der Waals surface area contributed by atoms with Crippen molar-refractivity contribution < 1.29 is 4.39 Å². The maximum atomic E-state index is 12.6. The zero-order chi connectivity index (χ0) is 7.72. The highest BCUT2D eigenvalue weighted by atomic mass is 79.9. The predicted molar refractivity (Wildman–Crippen MR) is 44.3 cm³/mol. The van der Waals surface area contributed by atoms with E-state index in [1.54, 1.807) is 6.07 Å². The number of nitrogens with zero attached hydrogens (tertiary/aromatic N) is 1. The fourth-order valence-electron chi connectivity index (χ4n) is 0.537. The van der Waals surface area contributed by atoms with Crippen LogP contribution in [0.4, 0.5) is 4.39 Å². The summed E-state index contributed by atoms with van der Waals surface area (Å²) in [5, 5.41) is 0. The molecule has 0 atom stereocenters. The molecule has 1 heterocycles. The molecule has 1 nitrogen and oxygen atoms in total. The third kappa shape index (κ3) is 1.55. The average molecular weight is 269 g/mol. The molecule has 1 rings (SSSR count). The molecular weight excluding hydrogens is 265 g/mol. The van der Waals surface area contributed by atoms with Gasteiger partial charge in [-0.05, 0) is 50.4 Å². The highest BCUT2D eigenvalue weighted by molar-refractivity contribution is 9.11. The SMILES string of the molecule is Cc1cc(Br)c(F)nc1Br. The Morgan fingerprint density at radius 2 is 2.10 bits per heavy atom. The standard InChI is InChI=1S/C6H4Br2FN/c1-3-2-4(7)6(9)10-5(3)8/h2H,1H3. The Kier molecular flexibility index (Phi) is 2.41. The van der Waals surface area contributed by atoms with Crippen LogP contribution in [-0.4, -0.2) is 4.98 Å². The molecule has 0 aliphatic carbocycles. The quantitative estimate of drug-likeness (QED) is 0.659. The summed E-state index contributed by atoms with van der Waals surface area (Å²) in [6.07, 6.45) is 0. The van der Waals surface area contributed by atoms with Crippen molar-refractivity contribution in [1.29, 1.82) is 0 Å². The van der Waals surface area contributed by atoms with Gasteiger partial charge in [0.15, 0.2) is 0 Å². The van der Waals surface area contributed by atoms with Gasteiger partial charge in [-0.2, -0.15) is 4.39 Å². The van der Waals surface area contributed by atoms with Crippen molar-refractivity contribution in [3.63, 3.8) is 0 Å². The first-order valence-electron chi connectivity index (χ1n) is 2.59. The number of hydrogen-bond donors (Lipinski definition) is 0. The van der Waals surface area contributed by atoms with Gasteiger partial charge in [0, 0.05) is 0 Å². The summed E-state index contributed by atoms with van der Waals surface area (Å²) in [5.41, 5.74) is 0.910. The molecule has 0 saturated carbocycles. The lowest BCUT2D eigenvalue weighted by Gasteiger charge is -1.97. The molecule has 0 N–H and O–H groups in total. The number of hydrogen-bond acceptors (Lipinski definition) is 1. The first-order chi connectivity index (χ1) is 4.61. The summed E-state index contributed by atoms with van der Waals surface area (Å²) < 4.78 is 13.5. The Balaban J connectivity index is 3.28. The molecule has 1 aromatic heterocycles. The van der Waals surface area contributed by atoms with Crippen LogP contribution in [0.1, 0.15) is 5.56 Å². The maximum absolute atomic E-state index is 12.6. The topological polar surface area (TPSA) is 12.9 Å². The third-order valence-electron chi connectivity index (χ3n) is 1.06. The van der Waals surface area contributed by atoms with Crippen molar-refractivity contribution in [3.05, 3.63) is 26.7 Å². The minimum absolute atomic E-state index is 0.396. The molecule has 0 saturated heterocycles. The van der Waals surface area contributed by atoms with E-state index in [4.69, 9.17) is 0 Å². The molecule has 0 aliphatic heterocycles. The summed E-state index contributed by atoms with van der Waals surface area (Å²) in [4.78, 5) is 3.58. The van der Waals surface area contributed by atoms with Gasteiger partial charge in [-0.15, -0.1) is 0 Å². The van der Waals surface area contributed by atoms with Gasteiger partial charge in [0.1, 0.15) is 4.60 Å². The number of halogens is 3. The van der Waals surface area contributed by atoms with Gasteiger partial charge in [-0.1, -0.05) is 0 Å². The smallest absolute Gasteiger partial charge is 0.211 e. The second-order valence-corrected chi connectivity index (χ2v) is 3.47. The van der Waals surface area contributed by atoms with E-state index in [-0.39, 0.29) is 0 Å². The average Bonchev–Trinajstić information content (AvgIpc) is 1.84. The van der Waals surface area contributed by atoms with Crippen LogP contribution in [0.15, 0.2) is 15.1 Å². The van der Waals surface area contributed by atoms with E-state index in [9.17, 15) is 4.39 Å². The van der Waals surface area contributed by atoms with Gasteiger partial charge in [0.2, 0.25) is 5.95 Å². The van der Waals surface area contributed by atoms with Gasteiger partial charge in [-0.3, -0.25) is 0 Å². The maximum Gasteiger partial charge on any atom is 0.228 e. The molecule has 0 spiro atoms. The molecule has 0 bridgehead atoms. The van der Waals surface area contributed by atoms with Crippen LogP contribution in [0, 0.1) is 12.9 Å².